The van der Waals surface area contributed by atoms with Crippen molar-refractivity contribution in [1.29, 1.82) is 0 Å². The van der Waals surface area contributed by atoms with E-state index >= 15 is 4.39 Å². The van der Waals surface area contributed by atoms with Gasteiger partial charge in [-0.3, -0.25) is 9.59 Å². The van der Waals surface area contributed by atoms with E-state index in [-0.39, 0.29) is 74.1 Å². The number of hydrogen-bond donors (Lipinski definition) is 1. The van der Waals surface area contributed by atoms with Crippen LogP contribution in [0.3, 0.4) is 0 Å². The lowest BCUT2D eigenvalue weighted by atomic mass is 9.53. The van der Waals surface area contributed by atoms with Gasteiger partial charge in [-0.15, -0.1) is 0 Å². The molecule has 2 heterocycles. The Morgan fingerprint density at radius 1 is 0.848 bits per heavy atom. The van der Waals surface area contributed by atoms with Crippen molar-refractivity contribution in [2.75, 3.05) is 13.2 Å². The van der Waals surface area contributed by atoms with Crippen LogP contribution in [0.25, 0.3) is 0 Å². The van der Waals surface area contributed by atoms with Crippen LogP contribution in [0.2, 0.25) is 0 Å². The first-order valence-corrected chi connectivity index (χ1v) is 16.2. The summed E-state index contributed by atoms with van der Waals surface area (Å²) < 4.78 is 129. The molecule has 4 fully saturated rings. The van der Waals surface area contributed by atoms with Gasteiger partial charge < -0.3 is 14.7 Å². The lowest BCUT2D eigenvalue weighted by molar-refractivity contribution is -0.348. The van der Waals surface area contributed by atoms with Crippen LogP contribution in [-0.2, 0) is 29.8 Å². The number of carbonyl (C=O) groups is 2. The highest BCUT2D eigenvalue weighted by atomic mass is 32.2. The second-order valence-corrected chi connectivity index (χ2v) is 15.2. The van der Waals surface area contributed by atoms with Gasteiger partial charge in [0.25, 0.3) is 0 Å². The van der Waals surface area contributed by atoms with E-state index < -0.39 is 79.3 Å². The molecule has 7 rings (SSSR count). The molecule has 0 aromatic heterocycles. The molecule has 250 valence electrons. The van der Waals surface area contributed by atoms with E-state index in [1.54, 1.807) is 6.92 Å². The van der Waals surface area contributed by atoms with Crippen LogP contribution in [0.5, 0.6) is 5.75 Å². The molecule has 2 bridgehead atoms. The maximum absolute atomic E-state index is 15.0. The second-order valence-electron chi connectivity index (χ2n) is 13.0. The Morgan fingerprint density at radius 3 is 1.91 bits per heavy atom. The molecule has 46 heavy (non-hydrogen) atoms. The Kier molecular flexibility index (Phi) is 7.13. The molecule has 2 aromatic carbocycles. The molecule has 3 saturated carbocycles. The number of hydrogen-bond acceptors (Lipinski definition) is 5. The number of carbonyl (C=O) groups excluding carboxylic acids is 1. The Morgan fingerprint density at radius 2 is 1.39 bits per heavy atom. The smallest absolute Gasteiger partial charge is 0.435 e. The number of aryl methyl sites for hydroxylation is 1. The molecule has 1 amide bonds. The van der Waals surface area contributed by atoms with E-state index in [1.165, 1.54) is 29.2 Å². The number of rotatable bonds is 5. The Balaban J connectivity index is 1.47. The monoisotopic (exact) mass is 677 g/mol. The number of nitrogens with zero attached hydrogens (tertiary/aromatic N) is 1. The van der Waals surface area contributed by atoms with Crippen LogP contribution in [0.15, 0.2) is 47.4 Å². The number of carboxylic acids is 1. The van der Waals surface area contributed by atoms with Gasteiger partial charge in [-0.1, -0.05) is 29.8 Å². The number of sulfone groups is 1. The maximum atomic E-state index is 15.0. The number of carboxylic acid groups (broad SMARTS) is 1. The number of aliphatic carboxylic acids is 1. The summed E-state index contributed by atoms with van der Waals surface area (Å²) in [5.74, 6) is -1.98. The third-order valence-electron chi connectivity index (χ3n) is 10.9. The number of amides is 1. The number of benzene rings is 2. The van der Waals surface area contributed by atoms with E-state index in [0.29, 0.717) is 0 Å². The van der Waals surface area contributed by atoms with E-state index in [9.17, 15) is 49.5 Å². The van der Waals surface area contributed by atoms with Gasteiger partial charge in [-0.2, -0.15) is 26.3 Å². The van der Waals surface area contributed by atoms with E-state index in [2.05, 4.69) is 0 Å². The molecule has 5 aliphatic rings. The second kappa shape index (κ2) is 10.1. The first-order valence-electron chi connectivity index (χ1n) is 14.7. The minimum atomic E-state index is -6.39. The van der Waals surface area contributed by atoms with Crippen molar-refractivity contribution >= 4 is 21.7 Å². The topological polar surface area (TPSA) is 101 Å². The summed E-state index contributed by atoms with van der Waals surface area (Å²) in [6.07, 6.45) is -11.4. The predicted octanol–water partition coefficient (Wildman–Crippen LogP) is 6.37. The van der Waals surface area contributed by atoms with Crippen LogP contribution in [-0.4, -0.2) is 61.8 Å². The van der Waals surface area contributed by atoms with Gasteiger partial charge in [-0.25, -0.2) is 12.8 Å². The van der Waals surface area contributed by atoms with Crippen LogP contribution >= 0.6 is 0 Å². The molecular formula is C31H30F7NO6S. The number of fused-ring (bicyclic) bond motifs is 6. The van der Waals surface area contributed by atoms with Crippen molar-refractivity contribution in [3.8, 4) is 5.75 Å². The molecule has 15 heteroatoms. The van der Waals surface area contributed by atoms with Crippen molar-refractivity contribution in [1.82, 2.24) is 4.90 Å². The molecule has 2 aromatic rings. The fourth-order valence-electron chi connectivity index (χ4n) is 8.02. The zero-order valence-corrected chi connectivity index (χ0v) is 25.3. The summed E-state index contributed by atoms with van der Waals surface area (Å²) in [6.45, 7) is 0.999. The highest BCUT2D eigenvalue weighted by Crippen LogP contribution is 2.61. The number of halogens is 7. The first kappa shape index (κ1) is 32.6. The summed E-state index contributed by atoms with van der Waals surface area (Å²) in [5, 5.41) is 9.78. The average molecular weight is 678 g/mol. The zero-order chi connectivity index (χ0) is 33.7. The number of ether oxygens (including phenoxy) is 1. The van der Waals surface area contributed by atoms with Crippen LogP contribution in [0.4, 0.5) is 30.7 Å². The lowest BCUT2D eigenvalue weighted by Crippen LogP contribution is -2.59. The Bertz CT molecular complexity index is 1670. The fourth-order valence-corrected chi connectivity index (χ4v) is 10.3. The highest BCUT2D eigenvalue weighted by Gasteiger charge is 2.74. The summed E-state index contributed by atoms with van der Waals surface area (Å²) in [7, 11) is -4.52. The van der Waals surface area contributed by atoms with Crippen molar-refractivity contribution in [3.05, 3.63) is 59.2 Å². The third-order valence-corrected chi connectivity index (χ3v) is 13.4. The number of alkyl halides is 7. The standard InChI is InChI=1S/C31H30F7NO6S/c1-18-2-5-20(6-3-18)46(43,44)28-14-15-39(24(40)26-8-11-27(12-9-26,13-10-26)25(41)42)23(28)17-45-22-16-19(4-7-21(22)28)29(32,30(33,34)35)31(36,37)38/h2-7,16,23H,8-15,17H2,1H3,(H,41,42). The molecule has 2 atom stereocenters. The minimum Gasteiger partial charge on any atom is -0.491 e. The summed E-state index contributed by atoms with van der Waals surface area (Å²) in [6, 6.07) is 5.73. The highest BCUT2D eigenvalue weighted by molar-refractivity contribution is 7.92. The molecule has 0 radical (unpaired) electrons. The quantitative estimate of drug-likeness (QED) is 0.369. The van der Waals surface area contributed by atoms with E-state index in [4.69, 9.17) is 4.74 Å². The van der Waals surface area contributed by atoms with Crippen molar-refractivity contribution in [2.24, 2.45) is 10.8 Å². The molecule has 7 nitrogen and oxygen atoms in total. The number of likely N-dealkylation sites (tertiary alicyclic amines) is 1. The first-order chi connectivity index (χ1) is 21.3. The zero-order valence-electron chi connectivity index (χ0n) is 24.5. The van der Waals surface area contributed by atoms with Gasteiger partial charge in [0.1, 0.15) is 17.1 Å². The molecule has 1 saturated heterocycles. The van der Waals surface area contributed by atoms with Crippen LogP contribution in [0.1, 0.15) is 61.6 Å². The normalized spacial score (nSPS) is 29.6. The fraction of sp³-hybridized carbons (Fsp3) is 0.548. The largest absolute Gasteiger partial charge is 0.491 e. The average Bonchev–Trinajstić information content (AvgIpc) is 3.41. The lowest BCUT2D eigenvalue weighted by Gasteiger charge is -2.52. The van der Waals surface area contributed by atoms with Crippen molar-refractivity contribution < 1.29 is 58.6 Å². The van der Waals surface area contributed by atoms with Gasteiger partial charge in [0, 0.05) is 23.1 Å². The molecule has 1 N–H and O–H groups in total. The van der Waals surface area contributed by atoms with E-state index in [1.807, 2.05) is 0 Å². The van der Waals surface area contributed by atoms with Gasteiger partial charge in [-0.05, 0) is 70.1 Å². The van der Waals surface area contributed by atoms with Crippen LogP contribution in [0, 0.1) is 17.8 Å². The third kappa shape index (κ3) is 4.25. The minimum absolute atomic E-state index is 0.122. The SMILES string of the molecule is Cc1ccc(S(=O)(=O)C23CCN(C(=O)C45CCC(C(=O)O)(CC4)CC5)C2COc2cc(C(F)(C(F)(F)F)C(F)(F)F)ccc23)cc1. The van der Waals surface area contributed by atoms with Crippen molar-refractivity contribution in [2.45, 2.75) is 85.6 Å². The van der Waals surface area contributed by atoms with Gasteiger partial charge in [0.15, 0.2) is 9.84 Å². The van der Waals surface area contributed by atoms with Gasteiger partial charge in [0.2, 0.25) is 5.91 Å². The Labute approximate surface area is 259 Å². The summed E-state index contributed by atoms with van der Waals surface area (Å²) >= 11 is 0. The molecule has 2 unspecified atom stereocenters. The van der Waals surface area contributed by atoms with Gasteiger partial charge in [0.05, 0.1) is 16.4 Å². The van der Waals surface area contributed by atoms with E-state index in [0.717, 1.165) is 11.6 Å². The molecule has 0 spiro atoms. The van der Waals surface area contributed by atoms with Gasteiger partial charge >= 0.3 is 24.0 Å². The van der Waals surface area contributed by atoms with Crippen LogP contribution < -0.4 is 4.74 Å². The molecular weight excluding hydrogens is 647 g/mol. The summed E-state index contributed by atoms with van der Waals surface area (Å²) in [5.41, 5.74) is -9.00. The summed E-state index contributed by atoms with van der Waals surface area (Å²) in [4.78, 5) is 27.4. The maximum Gasteiger partial charge on any atom is 0.435 e. The molecule has 2 aliphatic heterocycles. The van der Waals surface area contributed by atoms with Crippen molar-refractivity contribution in [3.63, 3.8) is 0 Å². The molecule has 3 aliphatic carbocycles. The predicted molar refractivity (Wildman–Crippen MR) is 147 cm³/mol. The Hall–Kier alpha value is -3.36.